The SMILES string of the molecule is Cc1ccc(NC(c2cccs2)C(C)C)c(Cl)c1. The lowest BCUT2D eigenvalue weighted by Crippen LogP contribution is -2.15. The van der Waals surface area contributed by atoms with Gasteiger partial charge in [-0.2, -0.15) is 0 Å². The molecule has 0 saturated carbocycles. The molecule has 0 bridgehead atoms. The highest BCUT2D eigenvalue weighted by atomic mass is 35.5. The lowest BCUT2D eigenvalue weighted by Gasteiger charge is -2.23. The van der Waals surface area contributed by atoms with Crippen molar-refractivity contribution in [1.82, 2.24) is 0 Å². The molecule has 1 N–H and O–H groups in total. The minimum Gasteiger partial charge on any atom is -0.376 e. The molecule has 1 nitrogen and oxygen atoms in total. The van der Waals surface area contributed by atoms with Gasteiger partial charge < -0.3 is 5.32 Å². The van der Waals surface area contributed by atoms with Crippen LogP contribution in [0.25, 0.3) is 0 Å². The molecule has 0 aliphatic heterocycles. The van der Waals surface area contributed by atoms with Gasteiger partial charge in [0.15, 0.2) is 0 Å². The summed E-state index contributed by atoms with van der Waals surface area (Å²) in [6.45, 7) is 6.49. The van der Waals surface area contributed by atoms with Gasteiger partial charge in [0.25, 0.3) is 0 Å². The molecule has 0 amide bonds. The highest BCUT2D eigenvalue weighted by Gasteiger charge is 2.17. The Balaban J connectivity index is 2.24. The maximum Gasteiger partial charge on any atom is 0.0640 e. The molecule has 2 aromatic rings. The van der Waals surface area contributed by atoms with Crippen molar-refractivity contribution < 1.29 is 0 Å². The first-order chi connectivity index (χ1) is 8.58. The van der Waals surface area contributed by atoms with E-state index >= 15 is 0 Å². The molecule has 96 valence electrons. The van der Waals surface area contributed by atoms with Crippen LogP contribution in [0.3, 0.4) is 0 Å². The van der Waals surface area contributed by atoms with Gasteiger partial charge in [0.2, 0.25) is 0 Å². The molecule has 1 atom stereocenters. The first kappa shape index (κ1) is 13.4. The summed E-state index contributed by atoms with van der Waals surface area (Å²) < 4.78 is 0. The largest absolute Gasteiger partial charge is 0.376 e. The highest BCUT2D eigenvalue weighted by molar-refractivity contribution is 7.10. The Labute approximate surface area is 118 Å². The van der Waals surface area contributed by atoms with Crippen LogP contribution in [0.15, 0.2) is 35.7 Å². The van der Waals surface area contributed by atoms with Crippen LogP contribution in [-0.2, 0) is 0 Å². The molecule has 2 rings (SSSR count). The van der Waals surface area contributed by atoms with Crippen molar-refractivity contribution in [3.05, 3.63) is 51.2 Å². The van der Waals surface area contributed by atoms with Gasteiger partial charge in [-0.3, -0.25) is 0 Å². The van der Waals surface area contributed by atoms with Crippen LogP contribution in [0.4, 0.5) is 5.69 Å². The number of halogens is 1. The third-order valence-corrected chi connectivity index (χ3v) is 4.22. The summed E-state index contributed by atoms with van der Waals surface area (Å²) in [7, 11) is 0. The minimum atomic E-state index is 0.310. The number of aryl methyl sites for hydroxylation is 1. The third kappa shape index (κ3) is 3.06. The molecule has 1 aromatic heterocycles. The first-order valence-corrected chi connectivity index (χ1v) is 7.40. The van der Waals surface area contributed by atoms with Gasteiger partial charge >= 0.3 is 0 Å². The van der Waals surface area contributed by atoms with Crippen molar-refractivity contribution in [2.24, 2.45) is 5.92 Å². The van der Waals surface area contributed by atoms with Gasteiger partial charge in [-0.25, -0.2) is 0 Å². The Morgan fingerprint density at radius 3 is 2.56 bits per heavy atom. The summed E-state index contributed by atoms with van der Waals surface area (Å²) >= 11 is 8.06. The third-order valence-electron chi connectivity index (χ3n) is 2.95. The molecular formula is C15H18ClNS. The van der Waals surface area contributed by atoms with Gasteiger partial charge in [0, 0.05) is 4.88 Å². The first-order valence-electron chi connectivity index (χ1n) is 6.14. The number of rotatable bonds is 4. The van der Waals surface area contributed by atoms with Crippen molar-refractivity contribution in [2.75, 3.05) is 5.32 Å². The molecule has 0 spiro atoms. The van der Waals surface area contributed by atoms with E-state index in [-0.39, 0.29) is 0 Å². The predicted molar refractivity (Wildman–Crippen MR) is 81.7 cm³/mol. The molecular weight excluding hydrogens is 262 g/mol. The predicted octanol–water partition coefficient (Wildman–Crippen LogP) is 5.52. The van der Waals surface area contributed by atoms with Crippen molar-refractivity contribution >= 4 is 28.6 Å². The molecule has 0 fully saturated rings. The van der Waals surface area contributed by atoms with Crippen LogP contribution in [0.2, 0.25) is 5.02 Å². The highest BCUT2D eigenvalue weighted by Crippen LogP contribution is 2.32. The Hall–Kier alpha value is -0.990. The molecule has 18 heavy (non-hydrogen) atoms. The van der Waals surface area contributed by atoms with Crippen molar-refractivity contribution in [3.8, 4) is 0 Å². The van der Waals surface area contributed by atoms with E-state index in [0.29, 0.717) is 12.0 Å². The molecule has 3 heteroatoms. The zero-order chi connectivity index (χ0) is 13.1. The molecule has 1 aromatic carbocycles. The zero-order valence-corrected chi connectivity index (χ0v) is 12.5. The fourth-order valence-corrected chi connectivity index (χ4v) is 3.18. The molecule has 1 unspecified atom stereocenters. The second-order valence-electron chi connectivity index (χ2n) is 4.86. The summed E-state index contributed by atoms with van der Waals surface area (Å²) in [6, 6.07) is 10.7. The van der Waals surface area contributed by atoms with Gasteiger partial charge in [0.05, 0.1) is 16.8 Å². The van der Waals surface area contributed by atoms with Gasteiger partial charge in [0.1, 0.15) is 0 Å². The zero-order valence-electron chi connectivity index (χ0n) is 10.9. The van der Waals surface area contributed by atoms with Crippen LogP contribution in [0.1, 0.15) is 30.3 Å². The van der Waals surface area contributed by atoms with Crippen LogP contribution < -0.4 is 5.32 Å². The van der Waals surface area contributed by atoms with E-state index < -0.39 is 0 Å². The average Bonchev–Trinajstić information content (AvgIpc) is 2.80. The maximum atomic E-state index is 6.28. The quantitative estimate of drug-likeness (QED) is 0.777. The number of nitrogens with one attached hydrogen (secondary N) is 1. The number of hydrogen-bond acceptors (Lipinski definition) is 2. The van der Waals surface area contributed by atoms with Crippen molar-refractivity contribution in [3.63, 3.8) is 0 Å². The summed E-state index contributed by atoms with van der Waals surface area (Å²) in [5.41, 5.74) is 2.19. The monoisotopic (exact) mass is 279 g/mol. The number of hydrogen-bond donors (Lipinski definition) is 1. The fourth-order valence-electron chi connectivity index (χ4n) is 1.94. The molecule has 1 heterocycles. The lowest BCUT2D eigenvalue weighted by molar-refractivity contribution is 0.554. The standard InChI is InChI=1S/C15H18ClNS/c1-10(2)15(14-5-4-8-18-14)17-13-7-6-11(3)9-12(13)16/h4-10,15,17H,1-3H3. The smallest absolute Gasteiger partial charge is 0.0640 e. The Bertz CT molecular complexity index is 505. The summed E-state index contributed by atoms with van der Waals surface area (Å²) in [4.78, 5) is 1.35. The summed E-state index contributed by atoms with van der Waals surface area (Å²) in [6.07, 6.45) is 0. The van der Waals surface area contributed by atoms with Gasteiger partial charge in [-0.05, 0) is 42.0 Å². The van der Waals surface area contributed by atoms with E-state index in [1.807, 2.05) is 6.07 Å². The Morgan fingerprint density at radius 1 is 1.22 bits per heavy atom. The van der Waals surface area contributed by atoms with E-state index in [2.05, 4.69) is 55.7 Å². The van der Waals surface area contributed by atoms with E-state index in [9.17, 15) is 0 Å². The Kier molecular flexibility index (Phi) is 4.31. The van der Waals surface area contributed by atoms with Crippen LogP contribution in [0.5, 0.6) is 0 Å². The summed E-state index contributed by atoms with van der Waals surface area (Å²) in [5.74, 6) is 0.515. The van der Waals surface area contributed by atoms with Crippen LogP contribution >= 0.6 is 22.9 Å². The molecule has 0 aliphatic carbocycles. The second kappa shape index (κ2) is 5.77. The minimum absolute atomic E-state index is 0.310. The normalized spacial score (nSPS) is 12.7. The number of benzene rings is 1. The van der Waals surface area contributed by atoms with E-state index in [1.54, 1.807) is 11.3 Å². The van der Waals surface area contributed by atoms with Gasteiger partial charge in [-0.1, -0.05) is 37.6 Å². The van der Waals surface area contributed by atoms with Gasteiger partial charge in [-0.15, -0.1) is 11.3 Å². The van der Waals surface area contributed by atoms with E-state index in [0.717, 1.165) is 10.7 Å². The average molecular weight is 280 g/mol. The Morgan fingerprint density at radius 2 is 2.00 bits per heavy atom. The van der Waals surface area contributed by atoms with Crippen LogP contribution in [0, 0.1) is 12.8 Å². The lowest BCUT2D eigenvalue weighted by atomic mass is 10.0. The fraction of sp³-hybridized carbons (Fsp3) is 0.333. The van der Waals surface area contributed by atoms with Crippen molar-refractivity contribution in [2.45, 2.75) is 26.8 Å². The van der Waals surface area contributed by atoms with Crippen LogP contribution in [-0.4, -0.2) is 0 Å². The molecule has 0 radical (unpaired) electrons. The number of anilines is 1. The molecule has 0 saturated heterocycles. The molecule has 0 aliphatic rings. The maximum absolute atomic E-state index is 6.28. The van der Waals surface area contributed by atoms with Crippen molar-refractivity contribution in [1.29, 1.82) is 0 Å². The van der Waals surface area contributed by atoms with E-state index in [1.165, 1.54) is 10.4 Å². The van der Waals surface area contributed by atoms with E-state index in [4.69, 9.17) is 11.6 Å². The number of thiophene rings is 1. The summed E-state index contributed by atoms with van der Waals surface area (Å²) in [5, 5.41) is 6.46. The topological polar surface area (TPSA) is 12.0 Å². The second-order valence-corrected chi connectivity index (χ2v) is 6.25.